The average Bonchev–Trinajstić information content (AvgIpc) is 2.77. The third kappa shape index (κ3) is 6.35. The van der Waals surface area contributed by atoms with Crippen molar-refractivity contribution < 1.29 is 13.2 Å². The van der Waals surface area contributed by atoms with E-state index in [4.69, 9.17) is 5.73 Å². The Bertz CT molecular complexity index is 1220. The summed E-state index contributed by atoms with van der Waals surface area (Å²) in [5, 5.41) is 0. The summed E-state index contributed by atoms with van der Waals surface area (Å²) in [7, 11) is -3.72. The predicted molar refractivity (Wildman–Crippen MR) is 134 cm³/mol. The minimum absolute atomic E-state index is 0.0345. The van der Waals surface area contributed by atoms with Gasteiger partial charge < -0.3 is 10.6 Å². The summed E-state index contributed by atoms with van der Waals surface area (Å²) in [4.78, 5) is 42.0. The number of hydrogen-bond donors (Lipinski definition) is 3. The first kappa shape index (κ1) is 27.3. The third-order valence-corrected chi connectivity index (χ3v) is 7.00. The van der Waals surface area contributed by atoms with Gasteiger partial charge in [0.2, 0.25) is 10.0 Å². The molecule has 11 heteroatoms. The van der Waals surface area contributed by atoms with Crippen LogP contribution in [0.4, 0.5) is 11.5 Å². The van der Waals surface area contributed by atoms with Crippen molar-refractivity contribution in [2.24, 2.45) is 5.92 Å². The van der Waals surface area contributed by atoms with Gasteiger partial charge in [-0.25, -0.2) is 17.9 Å². The highest BCUT2D eigenvalue weighted by Crippen LogP contribution is 2.22. The van der Waals surface area contributed by atoms with E-state index in [0.717, 1.165) is 6.42 Å². The fraction of sp³-hybridized carbons (Fsp3) is 0.522. The summed E-state index contributed by atoms with van der Waals surface area (Å²) in [5.74, 6) is -0.514. The van der Waals surface area contributed by atoms with Crippen molar-refractivity contribution in [2.75, 3.05) is 17.2 Å². The molecule has 1 aromatic heterocycles. The standard InChI is InChI=1S/C23H35N5O5S/c1-6-8-13-27(19-20(24)28(14-15(3)4)23(31)25-21(19)29)22(30)17-9-11-18(12-10-17)34(32,33)26-16(5)7-2/h9-12,15-16,26H,6-8,13-14,24H2,1-5H3,(H,25,29,31). The molecule has 0 aliphatic heterocycles. The molecular weight excluding hydrogens is 458 g/mol. The predicted octanol–water partition coefficient (Wildman–Crippen LogP) is 2.30. The number of nitrogens with two attached hydrogens (primary N) is 1. The third-order valence-electron chi connectivity index (χ3n) is 5.39. The number of carbonyl (C=O) groups excluding carboxylic acids is 1. The fourth-order valence-electron chi connectivity index (χ4n) is 3.36. The van der Waals surface area contributed by atoms with E-state index in [-0.39, 0.29) is 47.0 Å². The summed E-state index contributed by atoms with van der Waals surface area (Å²) in [6.45, 7) is 9.88. The first-order valence-electron chi connectivity index (χ1n) is 11.5. The number of sulfonamides is 1. The van der Waals surface area contributed by atoms with E-state index < -0.39 is 27.2 Å². The van der Waals surface area contributed by atoms with Crippen LogP contribution in [0.25, 0.3) is 0 Å². The van der Waals surface area contributed by atoms with Crippen LogP contribution in [-0.2, 0) is 16.6 Å². The molecule has 1 unspecified atom stereocenters. The fourth-order valence-corrected chi connectivity index (χ4v) is 4.69. The molecule has 1 atom stereocenters. The van der Waals surface area contributed by atoms with E-state index in [1.807, 2.05) is 27.7 Å². The molecule has 0 spiro atoms. The second kappa shape index (κ2) is 11.5. The van der Waals surface area contributed by atoms with Crippen LogP contribution in [0.5, 0.6) is 0 Å². The Balaban J connectivity index is 2.50. The molecule has 34 heavy (non-hydrogen) atoms. The van der Waals surface area contributed by atoms with Crippen molar-refractivity contribution in [1.29, 1.82) is 0 Å². The van der Waals surface area contributed by atoms with Gasteiger partial charge in [0.15, 0.2) is 5.69 Å². The van der Waals surface area contributed by atoms with Crippen molar-refractivity contribution in [1.82, 2.24) is 14.3 Å². The number of carbonyl (C=O) groups is 1. The van der Waals surface area contributed by atoms with Gasteiger partial charge in [0, 0.05) is 24.7 Å². The van der Waals surface area contributed by atoms with Gasteiger partial charge in [-0.3, -0.25) is 19.1 Å². The molecule has 0 aliphatic carbocycles. The van der Waals surface area contributed by atoms with Crippen LogP contribution in [0, 0.1) is 5.92 Å². The van der Waals surface area contributed by atoms with E-state index in [1.165, 1.54) is 33.7 Å². The molecule has 2 aromatic rings. The number of hydrogen-bond acceptors (Lipinski definition) is 6. The van der Waals surface area contributed by atoms with Crippen molar-refractivity contribution in [3.63, 3.8) is 0 Å². The minimum Gasteiger partial charge on any atom is -0.383 e. The maximum Gasteiger partial charge on any atom is 0.330 e. The largest absolute Gasteiger partial charge is 0.383 e. The molecule has 1 aromatic carbocycles. The molecule has 0 aliphatic rings. The summed E-state index contributed by atoms with van der Waals surface area (Å²) < 4.78 is 28.9. The highest BCUT2D eigenvalue weighted by Gasteiger charge is 2.26. The van der Waals surface area contributed by atoms with Crippen molar-refractivity contribution in [3.05, 3.63) is 50.7 Å². The van der Waals surface area contributed by atoms with Crippen LogP contribution in [0.15, 0.2) is 38.8 Å². The summed E-state index contributed by atoms with van der Waals surface area (Å²) >= 11 is 0. The van der Waals surface area contributed by atoms with Gasteiger partial charge in [0.25, 0.3) is 11.5 Å². The van der Waals surface area contributed by atoms with Crippen molar-refractivity contribution in [2.45, 2.75) is 71.4 Å². The SMILES string of the molecule is CCCCN(C(=O)c1ccc(S(=O)(=O)NC(C)CC)cc1)c1c(N)n(CC(C)C)c(=O)[nH]c1=O. The van der Waals surface area contributed by atoms with Crippen LogP contribution in [0.3, 0.4) is 0 Å². The molecule has 0 saturated heterocycles. The number of H-pyrrole nitrogens is 1. The zero-order chi connectivity index (χ0) is 25.6. The quantitative estimate of drug-likeness (QED) is 0.437. The first-order chi connectivity index (χ1) is 15.9. The number of amides is 1. The molecule has 4 N–H and O–H groups in total. The van der Waals surface area contributed by atoms with E-state index in [0.29, 0.717) is 12.8 Å². The molecule has 10 nitrogen and oxygen atoms in total. The highest BCUT2D eigenvalue weighted by atomic mass is 32.2. The van der Waals surface area contributed by atoms with Crippen LogP contribution in [0.1, 0.15) is 64.2 Å². The molecule has 0 radical (unpaired) electrons. The maximum absolute atomic E-state index is 13.4. The van der Waals surface area contributed by atoms with Gasteiger partial charge in [-0.15, -0.1) is 0 Å². The first-order valence-corrected chi connectivity index (χ1v) is 13.0. The summed E-state index contributed by atoms with van der Waals surface area (Å²) in [6.07, 6.45) is 1.99. The van der Waals surface area contributed by atoms with Crippen molar-refractivity contribution in [3.8, 4) is 0 Å². The molecular formula is C23H35N5O5S. The number of nitrogens with zero attached hydrogens (tertiary/aromatic N) is 2. The normalized spacial score (nSPS) is 12.6. The van der Waals surface area contributed by atoms with Gasteiger partial charge in [-0.2, -0.15) is 0 Å². The Labute approximate surface area is 200 Å². The topological polar surface area (TPSA) is 147 Å². The van der Waals surface area contributed by atoms with Crippen LogP contribution in [-0.4, -0.2) is 36.5 Å². The Kier molecular flexibility index (Phi) is 9.22. The monoisotopic (exact) mass is 493 g/mol. The highest BCUT2D eigenvalue weighted by molar-refractivity contribution is 7.89. The molecule has 0 fully saturated rings. The Hall–Kier alpha value is -2.92. The molecule has 0 bridgehead atoms. The number of benzene rings is 1. The number of aromatic amines is 1. The van der Waals surface area contributed by atoms with Crippen molar-refractivity contribution >= 4 is 27.4 Å². The van der Waals surface area contributed by atoms with Crippen LogP contribution in [0.2, 0.25) is 0 Å². The second-order valence-corrected chi connectivity index (χ2v) is 10.5. The zero-order valence-electron chi connectivity index (χ0n) is 20.4. The molecule has 1 amide bonds. The maximum atomic E-state index is 13.4. The molecule has 2 rings (SSSR count). The lowest BCUT2D eigenvalue weighted by Gasteiger charge is -2.25. The number of anilines is 2. The van der Waals surface area contributed by atoms with Gasteiger partial charge in [-0.1, -0.05) is 34.1 Å². The Morgan fingerprint density at radius 1 is 1.15 bits per heavy atom. The van der Waals surface area contributed by atoms with E-state index in [2.05, 4.69) is 9.71 Å². The summed E-state index contributed by atoms with van der Waals surface area (Å²) in [5.41, 5.74) is 4.95. The average molecular weight is 494 g/mol. The lowest BCUT2D eigenvalue weighted by molar-refractivity contribution is 0.0986. The number of aromatic nitrogens is 2. The molecule has 188 valence electrons. The number of rotatable bonds is 11. The smallest absolute Gasteiger partial charge is 0.330 e. The minimum atomic E-state index is -3.72. The molecule has 0 saturated carbocycles. The second-order valence-electron chi connectivity index (χ2n) is 8.76. The van der Waals surface area contributed by atoms with Gasteiger partial charge in [0.1, 0.15) is 5.82 Å². The van der Waals surface area contributed by atoms with Gasteiger partial charge in [-0.05, 0) is 49.9 Å². The summed E-state index contributed by atoms with van der Waals surface area (Å²) in [6, 6.07) is 5.28. The van der Waals surface area contributed by atoms with Crippen LogP contribution < -0.4 is 26.6 Å². The Morgan fingerprint density at radius 3 is 2.29 bits per heavy atom. The van der Waals surface area contributed by atoms with E-state index in [1.54, 1.807) is 6.92 Å². The van der Waals surface area contributed by atoms with Gasteiger partial charge >= 0.3 is 5.69 Å². The van der Waals surface area contributed by atoms with Gasteiger partial charge in [0.05, 0.1) is 4.90 Å². The number of nitrogens with one attached hydrogen (secondary N) is 2. The number of nitrogen functional groups attached to an aromatic ring is 1. The van der Waals surface area contributed by atoms with Crippen LogP contribution >= 0.6 is 0 Å². The molecule has 1 heterocycles. The van der Waals surface area contributed by atoms with E-state index >= 15 is 0 Å². The zero-order valence-corrected chi connectivity index (χ0v) is 21.2. The lowest BCUT2D eigenvalue weighted by Crippen LogP contribution is -2.42. The lowest BCUT2D eigenvalue weighted by atomic mass is 10.1. The number of unbranched alkanes of at least 4 members (excludes halogenated alkanes) is 1. The van der Waals surface area contributed by atoms with E-state index in [9.17, 15) is 22.8 Å². The Morgan fingerprint density at radius 2 is 1.76 bits per heavy atom.